The summed E-state index contributed by atoms with van der Waals surface area (Å²) in [7, 11) is 0. The highest BCUT2D eigenvalue weighted by Crippen LogP contribution is 2.33. The smallest absolute Gasteiger partial charge is 0.316 e. The molecule has 13 heavy (non-hydrogen) atoms. The molecule has 1 aromatic heterocycles. The van der Waals surface area contributed by atoms with Crippen LogP contribution in [0.25, 0.3) is 0 Å². The average molecular weight is 206 g/mol. The van der Waals surface area contributed by atoms with E-state index in [1.165, 1.54) is 12.1 Å². The van der Waals surface area contributed by atoms with Crippen LogP contribution in [-0.2, 0) is 0 Å². The third-order valence-electron chi connectivity index (χ3n) is 1.40. The Kier molecular flexibility index (Phi) is 2.59. The van der Waals surface area contributed by atoms with E-state index in [1.54, 1.807) is 6.07 Å². The molecule has 6 heteroatoms. The molecule has 0 aliphatic carbocycles. The summed E-state index contributed by atoms with van der Waals surface area (Å²) in [6.07, 6.45) is -4.45. The van der Waals surface area contributed by atoms with Crippen LogP contribution in [0.3, 0.4) is 0 Å². The number of nitrogens with two attached hydrogens (primary N) is 1. The maximum absolute atomic E-state index is 12.0. The molecule has 1 aromatic rings. The van der Waals surface area contributed by atoms with Gasteiger partial charge in [-0.1, -0.05) is 0 Å². The average Bonchev–Trinajstić information content (AvgIpc) is 2.48. The molecule has 0 aliphatic heterocycles. The van der Waals surface area contributed by atoms with Crippen molar-refractivity contribution >= 4 is 11.3 Å². The lowest BCUT2D eigenvalue weighted by molar-refractivity contribution is -0.148. The highest BCUT2D eigenvalue weighted by molar-refractivity contribution is 7.12. The Morgan fingerprint density at radius 1 is 1.46 bits per heavy atom. The van der Waals surface area contributed by atoms with Gasteiger partial charge in [0.2, 0.25) is 0 Å². The topological polar surface area (TPSA) is 49.8 Å². The van der Waals surface area contributed by atoms with E-state index in [0.717, 1.165) is 11.3 Å². The molecule has 1 heterocycles. The van der Waals surface area contributed by atoms with Gasteiger partial charge in [-0.3, -0.25) is 0 Å². The molecule has 0 aliphatic rings. The molecule has 1 atom stereocenters. The van der Waals surface area contributed by atoms with E-state index in [1.807, 2.05) is 0 Å². The van der Waals surface area contributed by atoms with Crippen LogP contribution in [0.15, 0.2) is 12.1 Å². The van der Waals surface area contributed by atoms with Gasteiger partial charge in [0.25, 0.3) is 0 Å². The van der Waals surface area contributed by atoms with Crippen LogP contribution < -0.4 is 5.73 Å². The fourth-order valence-corrected chi connectivity index (χ4v) is 1.57. The normalized spacial score (nSPS) is 13.8. The van der Waals surface area contributed by atoms with Gasteiger partial charge >= 0.3 is 6.18 Å². The first-order valence-electron chi connectivity index (χ1n) is 3.27. The second-order valence-electron chi connectivity index (χ2n) is 2.33. The van der Waals surface area contributed by atoms with Crippen LogP contribution in [-0.4, -0.2) is 6.18 Å². The van der Waals surface area contributed by atoms with E-state index in [-0.39, 0.29) is 9.75 Å². The summed E-state index contributed by atoms with van der Waals surface area (Å²) < 4.78 is 36.1. The van der Waals surface area contributed by atoms with Crippen LogP contribution >= 0.6 is 11.3 Å². The van der Waals surface area contributed by atoms with Crippen LogP contribution in [0.2, 0.25) is 0 Å². The molecular weight excluding hydrogens is 201 g/mol. The van der Waals surface area contributed by atoms with Crippen molar-refractivity contribution in [3.63, 3.8) is 0 Å². The Hall–Kier alpha value is -1.06. The summed E-state index contributed by atoms with van der Waals surface area (Å²) in [5, 5.41) is 8.37. The van der Waals surface area contributed by atoms with Gasteiger partial charge in [-0.25, -0.2) is 0 Å². The fraction of sp³-hybridized carbons (Fsp3) is 0.286. The Morgan fingerprint density at radius 2 is 2.08 bits per heavy atom. The van der Waals surface area contributed by atoms with Crippen molar-refractivity contribution in [1.29, 1.82) is 5.26 Å². The van der Waals surface area contributed by atoms with E-state index in [9.17, 15) is 13.2 Å². The molecule has 0 saturated heterocycles. The van der Waals surface area contributed by atoms with Gasteiger partial charge in [-0.15, -0.1) is 11.3 Å². The summed E-state index contributed by atoms with van der Waals surface area (Å²) in [5.74, 6) is 0. The summed E-state index contributed by atoms with van der Waals surface area (Å²) in [4.78, 5) is 0.193. The number of nitrogens with zero attached hydrogens (tertiary/aromatic N) is 1. The van der Waals surface area contributed by atoms with Gasteiger partial charge in [-0.05, 0) is 12.1 Å². The zero-order valence-corrected chi connectivity index (χ0v) is 7.12. The number of rotatable bonds is 1. The van der Waals surface area contributed by atoms with Crippen LogP contribution in [0.4, 0.5) is 13.2 Å². The van der Waals surface area contributed by atoms with Crippen molar-refractivity contribution in [3.05, 3.63) is 21.9 Å². The van der Waals surface area contributed by atoms with E-state index < -0.39 is 12.2 Å². The molecule has 0 fully saturated rings. The monoisotopic (exact) mass is 206 g/mol. The summed E-state index contributed by atoms with van der Waals surface area (Å²) in [6.45, 7) is 0. The van der Waals surface area contributed by atoms with Gasteiger partial charge in [0.05, 0.1) is 0 Å². The fourth-order valence-electron chi connectivity index (χ4n) is 0.741. The zero-order valence-electron chi connectivity index (χ0n) is 6.30. The van der Waals surface area contributed by atoms with Crippen LogP contribution in [0.1, 0.15) is 15.8 Å². The standard InChI is InChI=1S/C7H5F3N2S/c8-7(9,10)6(12)5-2-1-4(3-11)13-5/h1-2,6H,12H2/t6-/m0/s1. The predicted octanol–water partition coefficient (Wildman–Crippen LogP) is 2.18. The van der Waals surface area contributed by atoms with Crippen molar-refractivity contribution in [2.75, 3.05) is 0 Å². The Labute approximate surface area is 76.4 Å². The molecule has 0 unspecified atom stereocenters. The van der Waals surface area contributed by atoms with E-state index in [2.05, 4.69) is 0 Å². The lowest BCUT2D eigenvalue weighted by atomic mass is 10.2. The Bertz CT molecular complexity index is 336. The van der Waals surface area contributed by atoms with E-state index >= 15 is 0 Å². The molecule has 0 aromatic carbocycles. The van der Waals surface area contributed by atoms with Gasteiger partial charge < -0.3 is 5.73 Å². The van der Waals surface area contributed by atoms with Gasteiger partial charge in [0.15, 0.2) is 0 Å². The number of alkyl halides is 3. The number of hydrogen-bond acceptors (Lipinski definition) is 3. The Morgan fingerprint density at radius 3 is 2.46 bits per heavy atom. The summed E-state index contributed by atoms with van der Waals surface area (Å²) >= 11 is 0.762. The van der Waals surface area contributed by atoms with E-state index in [0.29, 0.717) is 0 Å². The maximum atomic E-state index is 12.0. The first kappa shape index (κ1) is 10.0. The minimum Gasteiger partial charge on any atom is -0.316 e. The lowest BCUT2D eigenvalue weighted by Crippen LogP contribution is -2.27. The highest BCUT2D eigenvalue weighted by atomic mass is 32.1. The van der Waals surface area contributed by atoms with Crippen molar-refractivity contribution < 1.29 is 13.2 Å². The third-order valence-corrected chi connectivity index (χ3v) is 2.47. The summed E-state index contributed by atoms with van der Waals surface area (Å²) in [5.41, 5.74) is 4.92. The molecule has 0 saturated carbocycles. The molecule has 70 valence electrons. The van der Waals surface area contributed by atoms with Crippen molar-refractivity contribution in [3.8, 4) is 6.07 Å². The lowest BCUT2D eigenvalue weighted by Gasteiger charge is -2.12. The minimum absolute atomic E-state index is 0.0379. The number of halogens is 3. The van der Waals surface area contributed by atoms with E-state index in [4.69, 9.17) is 11.0 Å². The predicted molar refractivity (Wildman–Crippen MR) is 42.0 cm³/mol. The molecule has 0 spiro atoms. The third kappa shape index (κ3) is 2.20. The minimum atomic E-state index is -4.45. The molecule has 0 amide bonds. The molecule has 1 rings (SSSR count). The van der Waals surface area contributed by atoms with Crippen molar-refractivity contribution in [1.82, 2.24) is 0 Å². The largest absolute Gasteiger partial charge is 0.408 e. The first-order valence-corrected chi connectivity index (χ1v) is 4.09. The zero-order chi connectivity index (χ0) is 10.1. The van der Waals surface area contributed by atoms with Crippen molar-refractivity contribution in [2.24, 2.45) is 5.73 Å². The summed E-state index contributed by atoms with van der Waals surface area (Å²) in [6, 6.07) is 2.31. The molecular formula is C7H5F3N2S. The number of nitriles is 1. The SMILES string of the molecule is N#Cc1ccc([C@H](N)C(F)(F)F)s1. The van der Waals surface area contributed by atoms with Gasteiger partial charge in [0.1, 0.15) is 17.0 Å². The van der Waals surface area contributed by atoms with Gasteiger partial charge in [0, 0.05) is 4.88 Å². The maximum Gasteiger partial charge on any atom is 0.408 e. The number of thiophene rings is 1. The van der Waals surface area contributed by atoms with Crippen molar-refractivity contribution in [2.45, 2.75) is 12.2 Å². The Balaban J connectivity index is 2.91. The second-order valence-corrected chi connectivity index (χ2v) is 3.45. The molecule has 2 nitrogen and oxygen atoms in total. The quantitative estimate of drug-likeness (QED) is 0.765. The van der Waals surface area contributed by atoms with Crippen LogP contribution in [0, 0.1) is 11.3 Å². The molecule has 2 N–H and O–H groups in total. The first-order chi connectivity index (χ1) is 5.95. The molecule has 0 bridgehead atoms. The van der Waals surface area contributed by atoms with Gasteiger partial charge in [-0.2, -0.15) is 18.4 Å². The van der Waals surface area contributed by atoms with Crippen LogP contribution in [0.5, 0.6) is 0 Å². The number of hydrogen-bond donors (Lipinski definition) is 1. The molecule has 0 radical (unpaired) electrons. The second kappa shape index (κ2) is 3.36. The highest BCUT2D eigenvalue weighted by Gasteiger charge is 2.38.